The fourth-order valence-electron chi connectivity index (χ4n) is 1.99. The molecular formula is C17H22N4O2. The van der Waals surface area contributed by atoms with E-state index in [0.717, 1.165) is 12.0 Å². The number of anilines is 2. The molecule has 0 spiro atoms. The minimum absolute atomic E-state index is 0.253. The summed E-state index contributed by atoms with van der Waals surface area (Å²) in [5.74, 6) is 0.937. The second kappa shape index (κ2) is 7.58. The van der Waals surface area contributed by atoms with Gasteiger partial charge in [0, 0.05) is 6.04 Å². The topological polar surface area (TPSA) is 76.1 Å². The SMILES string of the molecule is CCC(C)Nc1ccc(C(=O)Nc2cc(C)ccc2OC)nn1. The molecule has 0 aliphatic heterocycles. The molecule has 2 aromatic rings. The van der Waals surface area contributed by atoms with Crippen LogP contribution >= 0.6 is 0 Å². The smallest absolute Gasteiger partial charge is 0.276 e. The summed E-state index contributed by atoms with van der Waals surface area (Å²) < 4.78 is 5.25. The molecule has 0 fully saturated rings. The fraction of sp³-hybridized carbons (Fsp3) is 0.353. The molecule has 0 saturated carbocycles. The highest BCUT2D eigenvalue weighted by atomic mass is 16.5. The fourth-order valence-corrected chi connectivity index (χ4v) is 1.99. The molecule has 1 aromatic carbocycles. The summed E-state index contributed by atoms with van der Waals surface area (Å²) in [6.07, 6.45) is 0.983. The zero-order valence-corrected chi connectivity index (χ0v) is 13.9. The summed E-state index contributed by atoms with van der Waals surface area (Å²) >= 11 is 0. The van der Waals surface area contributed by atoms with Crippen molar-refractivity contribution in [3.05, 3.63) is 41.6 Å². The number of methoxy groups -OCH3 is 1. The molecule has 2 N–H and O–H groups in total. The standard InChI is InChI=1S/C17H22N4O2/c1-5-12(3)18-16-9-7-13(20-21-16)17(22)19-14-10-11(2)6-8-15(14)23-4/h6-10,12H,5H2,1-4H3,(H,18,21)(H,19,22). The van der Waals surface area contributed by atoms with Gasteiger partial charge >= 0.3 is 0 Å². The lowest BCUT2D eigenvalue weighted by Crippen LogP contribution is -2.18. The maximum Gasteiger partial charge on any atom is 0.276 e. The molecule has 1 atom stereocenters. The lowest BCUT2D eigenvalue weighted by atomic mass is 10.2. The number of nitrogens with zero attached hydrogens (tertiary/aromatic N) is 2. The second-order valence-corrected chi connectivity index (χ2v) is 5.42. The van der Waals surface area contributed by atoms with Crippen LogP contribution in [0.2, 0.25) is 0 Å². The summed E-state index contributed by atoms with van der Waals surface area (Å²) in [7, 11) is 1.56. The van der Waals surface area contributed by atoms with Gasteiger partial charge in [-0.05, 0) is 50.1 Å². The highest BCUT2D eigenvalue weighted by molar-refractivity contribution is 6.03. The van der Waals surface area contributed by atoms with Gasteiger partial charge in [0.15, 0.2) is 5.69 Å². The quantitative estimate of drug-likeness (QED) is 0.856. The van der Waals surface area contributed by atoms with E-state index in [1.807, 2.05) is 25.1 Å². The van der Waals surface area contributed by atoms with Crippen LogP contribution in [0.4, 0.5) is 11.5 Å². The molecule has 0 aliphatic carbocycles. The Labute approximate surface area is 136 Å². The number of benzene rings is 1. The summed E-state index contributed by atoms with van der Waals surface area (Å²) in [6.45, 7) is 6.10. The molecule has 1 heterocycles. The molecule has 23 heavy (non-hydrogen) atoms. The lowest BCUT2D eigenvalue weighted by Gasteiger charge is -2.12. The summed E-state index contributed by atoms with van der Waals surface area (Å²) in [4.78, 5) is 12.3. The third-order valence-electron chi connectivity index (χ3n) is 3.51. The predicted molar refractivity (Wildman–Crippen MR) is 91.1 cm³/mol. The normalized spacial score (nSPS) is 11.7. The zero-order valence-electron chi connectivity index (χ0n) is 13.9. The number of aryl methyl sites for hydroxylation is 1. The summed E-state index contributed by atoms with van der Waals surface area (Å²) in [5.41, 5.74) is 1.89. The van der Waals surface area contributed by atoms with Gasteiger partial charge in [0.1, 0.15) is 11.6 Å². The van der Waals surface area contributed by atoms with Crippen LogP contribution in [0.25, 0.3) is 0 Å². The molecule has 1 aromatic heterocycles. The summed E-state index contributed by atoms with van der Waals surface area (Å²) in [6, 6.07) is 9.29. The Kier molecular flexibility index (Phi) is 5.51. The van der Waals surface area contributed by atoms with E-state index >= 15 is 0 Å². The van der Waals surface area contributed by atoms with Gasteiger partial charge in [-0.2, -0.15) is 0 Å². The molecule has 122 valence electrons. The first kappa shape index (κ1) is 16.7. The predicted octanol–water partition coefficient (Wildman–Crippen LogP) is 3.26. The number of hydrogen-bond acceptors (Lipinski definition) is 5. The first-order valence-corrected chi connectivity index (χ1v) is 7.59. The van der Waals surface area contributed by atoms with Crippen molar-refractivity contribution in [2.24, 2.45) is 0 Å². The van der Waals surface area contributed by atoms with Crippen molar-refractivity contribution in [3.8, 4) is 5.75 Å². The first-order valence-electron chi connectivity index (χ1n) is 7.59. The van der Waals surface area contributed by atoms with E-state index in [-0.39, 0.29) is 11.6 Å². The van der Waals surface area contributed by atoms with Crippen molar-refractivity contribution in [1.82, 2.24) is 10.2 Å². The van der Waals surface area contributed by atoms with Crippen molar-refractivity contribution in [2.45, 2.75) is 33.2 Å². The molecule has 6 heteroatoms. The number of rotatable bonds is 6. The third-order valence-corrected chi connectivity index (χ3v) is 3.51. The minimum Gasteiger partial charge on any atom is -0.495 e. The molecule has 0 saturated heterocycles. The Hall–Kier alpha value is -2.63. The van der Waals surface area contributed by atoms with Crippen LogP contribution in [-0.4, -0.2) is 29.3 Å². The highest BCUT2D eigenvalue weighted by Gasteiger charge is 2.12. The van der Waals surface area contributed by atoms with Crippen LogP contribution in [0.5, 0.6) is 5.75 Å². The van der Waals surface area contributed by atoms with E-state index in [2.05, 4.69) is 34.7 Å². The van der Waals surface area contributed by atoms with Gasteiger partial charge in [-0.1, -0.05) is 13.0 Å². The maximum atomic E-state index is 12.3. The van der Waals surface area contributed by atoms with Gasteiger partial charge in [0.2, 0.25) is 0 Å². The number of ether oxygens (including phenoxy) is 1. The van der Waals surface area contributed by atoms with E-state index in [4.69, 9.17) is 4.74 Å². The van der Waals surface area contributed by atoms with Crippen molar-refractivity contribution in [1.29, 1.82) is 0 Å². The van der Waals surface area contributed by atoms with Crippen LogP contribution in [0.1, 0.15) is 36.3 Å². The van der Waals surface area contributed by atoms with Crippen molar-refractivity contribution < 1.29 is 9.53 Å². The molecule has 0 aliphatic rings. The van der Waals surface area contributed by atoms with Crippen molar-refractivity contribution >= 4 is 17.4 Å². The van der Waals surface area contributed by atoms with Crippen molar-refractivity contribution in [2.75, 3.05) is 17.7 Å². The zero-order chi connectivity index (χ0) is 16.8. The van der Waals surface area contributed by atoms with Gasteiger partial charge in [0.05, 0.1) is 12.8 Å². The van der Waals surface area contributed by atoms with Gasteiger partial charge in [-0.15, -0.1) is 10.2 Å². The molecule has 2 rings (SSSR count). The number of amides is 1. The van der Waals surface area contributed by atoms with Crippen LogP contribution in [0.3, 0.4) is 0 Å². The Morgan fingerprint density at radius 2 is 2.04 bits per heavy atom. The third kappa shape index (κ3) is 4.42. The Bertz CT molecular complexity index is 671. The van der Waals surface area contributed by atoms with E-state index < -0.39 is 0 Å². The van der Waals surface area contributed by atoms with Gasteiger partial charge in [-0.3, -0.25) is 4.79 Å². The van der Waals surface area contributed by atoms with E-state index in [1.54, 1.807) is 19.2 Å². The van der Waals surface area contributed by atoms with Crippen molar-refractivity contribution in [3.63, 3.8) is 0 Å². The lowest BCUT2D eigenvalue weighted by molar-refractivity contribution is 0.102. The van der Waals surface area contributed by atoms with Crippen LogP contribution in [0, 0.1) is 6.92 Å². The largest absolute Gasteiger partial charge is 0.495 e. The van der Waals surface area contributed by atoms with Crippen LogP contribution in [0.15, 0.2) is 30.3 Å². The van der Waals surface area contributed by atoms with Crippen LogP contribution < -0.4 is 15.4 Å². The average Bonchev–Trinajstić information content (AvgIpc) is 2.55. The van der Waals surface area contributed by atoms with Gasteiger partial charge < -0.3 is 15.4 Å². The van der Waals surface area contributed by atoms with E-state index in [0.29, 0.717) is 23.3 Å². The maximum absolute atomic E-state index is 12.3. The Morgan fingerprint density at radius 1 is 1.26 bits per heavy atom. The Balaban J connectivity index is 2.10. The second-order valence-electron chi connectivity index (χ2n) is 5.42. The molecule has 6 nitrogen and oxygen atoms in total. The number of hydrogen-bond donors (Lipinski definition) is 2. The highest BCUT2D eigenvalue weighted by Crippen LogP contribution is 2.25. The minimum atomic E-state index is -0.323. The molecule has 1 amide bonds. The monoisotopic (exact) mass is 314 g/mol. The summed E-state index contributed by atoms with van der Waals surface area (Å²) in [5, 5.41) is 14.0. The number of carbonyl (C=O) groups is 1. The average molecular weight is 314 g/mol. The van der Waals surface area contributed by atoms with Crippen LogP contribution in [-0.2, 0) is 0 Å². The van der Waals surface area contributed by atoms with E-state index in [9.17, 15) is 4.79 Å². The van der Waals surface area contributed by atoms with Gasteiger partial charge in [0.25, 0.3) is 5.91 Å². The molecule has 1 unspecified atom stereocenters. The Morgan fingerprint density at radius 3 is 2.65 bits per heavy atom. The number of nitrogens with one attached hydrogen (secondary N) is 2. The number of carbonyl (C=O) groups excluding carboxylic acids is 1. The molecular weight excluding hydrogens is 292 g/mol. The first-order chi connectivity index (χ1) is 11.0. The van der Waals surface area contributed by atoms with E-state index in [1.165, 1.54) is 0 Å². The number of aromatic nitrogens is 2. The van der Waals surface area contributed by atoms with Gasteiger partial charge in [-0.25, -0.2) is 0 Å². The molecule has 0 radical (unpaired) electrons. The molecule has 0 bridgehead atoms.